The summed E-state index contributed by atoms with van der Waals surface area (Å²) in [4.78, 5) is 13.7. The standard InChI is InChI=1S/C14H25F3N2O/c1-19(2)13(8-5-3-4-6-9-13)11-18-12(20)7-10-14(15,16)17/h3-11H2,1-2H3,(H,18,20). The SMILES string of the molecule is CN(C)C1(CNC(=O)CCC(F)(F)F)CCCCCC1. The first kappa shape index (κ1) is 17.3. The molecule has 1 rings (SSSR count). The van der Waals surface area contributed by atoms with Gasteiger partial charge in [0.2, 0.25) is 5.91 Å². The van der Waals surface area contributed by atoms with Gasteiger partial charge in [-0.25, -0.2) is 0 Å². The van der Waals surface area contributed by atoms with E-state index in [4.69, 9.17) is 0 Å². The van der Waals surface area contributed by atoms with Crippen LogP contribution in [0.25, 0.3) is 0 Å². The van der Waals surface area contributed by atoms with Crippen LogP contribution in [-0.2, 0) is 4.79 Å². The van der Waals surface area contributed by atoms with Crippen molar-refractivity contribution in [1.29, 1.82) is 0 Å². The molecule has 0 spiro atoms. The van der Waals surface area contributed by atoms with E-state index in [-0.39, 0.29) is 5.54 Å². The fraction of sp³-hybridized carbons (Fsp3) is 0.929. The van der Waals surface area contributed by atoms with Crippen LogP contribution in [0.4, 0.5) is 13.2 Å². The van der Waals surface area contributed by atoms with Gasteiger partial charge in [0.05, 0.1) is 6.42 Å². The first-order chi connectivity index (χ1) is 9.25. The summed E-state index contributed by atoms with van der Waals surface area (Å²) in [5.74, 6) is -0.507. The molecule has 0 aromatic carbocycles. The molecule has 0 heterocycles. The number of hydrogen-bond donors (Lipinski definition) is 1. The molecule has 1 N–H and O–H groups in total. The Morgan fingerprint density at radius 2 is 1.70 bits per heavy atom. The van der Waals surface area contributed by atoms with E-state index in [1.54, 1.807) is 0 Å². The number of rotatable bonds is 5. The second-order valence-corrected chi connectivity index (χ2v) is 5.92. The number of carbonyl (C=O) groups is 1. The van der Waals surface area contributed by atoms with Crippen LogP contribution in [0, 0.1) is 0 Å². The fourth-order valence-electron chi connectivity index (χ4n) is 2.78. The molecule has 0 unspecified atom stereocenters. The average molecular weight is 294 g/mol. The Hall–Kier alpha value is -0.780. The number of nitrogens with zero attached hydrogens (tertiary/aromatic N) is 1. The maximum atomic E-state index is 12.1. The van der Waals surface area contributed by atoms with Crippen LogP contribution in [0.15, 0.2) is 0 Å². The lowest BCUT2D eigenvalue weighted by Gasteiger charge is -2.39. The molecule has 0 atom stereocenters. The summed E-state index contributed by atoms with van der Waals surface area (Å²) in [5.41, 5.74) is -0.107. The summed E-state index contributed by atoms with van der Waals surface area (Å²) >= 11 is 0. The monoisotopic (exact) mass is 294 g/mol. The van der Waals surface area contributed by atoms with Gasteiger partial charge in [-0.2, -0.15) is 13.2 Å². The largest absolute Gasteiger partial charge is 0.389 e. The van der Waals surface area contributed by atoms with E-state index in [1.165, 1.54) is 12.8 Å². The highest BCUT2D eigenvalue weighted by Gasteiger charge is 2.34. The molecule has 0 aliphatic heterocycles. The van der Waals surface area contributed by atoms with Crippen LogP contribution >= 0.6 is 0 Å². The smallest absolute Gasteiger partial charge is 0.354 e. The van der Waals surface area contributed by atoms with E-state index in [2.05, 4.69) is 10.2 Å². The van der Waals surface area contributed by atoms with Crippen molar-refractivity contribution in [2.24, 2.45) is 0 Å². The lowest BCUT2D eigenvalue weighted by molar-refractivity contribution is -0.144. The van der Waals surface area contributed by atoms with E-state index in [9.17, 15) is 18.0 Å². The van der Waals surface area contributed by atoms with Gasteiger partial charge in [-0.1, -0.05) is 25.7 Å². The fourth-order valence-corrected chi connectivity index (χ4v) is 2.78. The Morgan fingerprint density at radius 3 is 2.15 bits per heavy atom. The highest BCUT2D eigenvalue weighted by atomic mass is 19.4. The summed E-state index contributed by atoms with van der Waals surface area (Å²) in [6.07, 6.45) is 0.779. The van der Waals surface area contributed by atoms with Crippen molar-refractivity contribution in [2.45, 2.75) is 63.1 Å². The molecule has 0 aromatic heterocycles. The van der Waals surface area contributed by atoms with Gasteiger partial charge in [0, 0.05) is 18.5 Å². The molecule has 0 radical (unpaired) electrons. The van der Waals surface area contributed by atoms with Crippen LogP contribution < -0.4 is 5.32 Å². The van der Waals surface area contributed by atoms with Crippen molar-refractivity contribution in [3.05, 3.63) is 0 Å². The first-order valence-electron chi connectivity index (χ1n) is 7.26. The van der Waals surface area contributed by atoms with E-state index in [1.807, 2.05) is 14.1 Å². The molecule has 1 saturated carbocycles. The quantitative estimate of drug-likeness (QED) is 0.790. The zero-order valence-corrected chi connectivity index (χ0v) is 12.4. The number of halogens is 3. The van der Waals surface area contributed by atoms with Crippen molar-refractivity contribution in [1.82, 2.24) is 10.2 Å². The zero-order chi connectivity index (χ0) is 15.2. The number of alkyl halides is 3. The van der Waals surface area contributed by atoms with Crippen LogP contribution in [0.3, 0.4) is 0 Å². The van der Waals surface area contributed by atoms with Gasteiger partial charge in [0.25, 0.3) is 0 Å². The summed E-state index contributed by atoms with van der Waals surface area (Å²) in [6, 6.07) is 0. The third-order valence-electron chi connectivity index (χ3n) is 4.23. The maximum Gasteiger partial charge on any atom is 0.389 e. The van der Waals surface area contributed by atoms with Crippen LogP contribution in [0.5, 0.6) is 0 Å². The van der Waals surface area contributed by atoms with Crippen molar-refractivity contribution in [3.63, 3.8) is 0 Å². The minimum atomic E-state index is -4.26. The molecular weight excluding hydrogens is 269 g/mol. The topological polar surface area (TPSA) is 32.3 Å². The summed E-state index contributed by atoms with van der Waals surface area (Å²) in [7, 11) is 3.96. The molecule has 118 valence electrons. The Bertz CT molecular complexity index is 308. The molecule has 1 aliphatic rings. The molecule has 20 heavy (non-hydrogen) atoms. The second kappa shape index (κ2) is 7.29. The summed E-state index contributed by atoms with van der Waals surface area (Å²) in [6.45, 7) is 0.441. The summed E-state index contributed by atoms with van der Waals surface area (Å²) < 4.78 is 36.2. The molecule has 0 aromatic rings. The molecule has 1 fully saturated rings. The van der Waals surface area contributed by atoms with Gasteiger partial charge < -0.3 is 10.2 Å². The van der Waals surface area contributed by atoms with E-state index in [0.29, 0.717) is 6.54 Å². The minimum absolute atomic E-state index is 0.107. The molecule has 0 bridgehead atoms. The van der Waals surface area contributed by atoms with Crippen molar-refractivity contribution in [2.75, 3.05) is 20.6 Å². The van der Waals surface area contributed by atoms with Crippen molar-refractivity contribution < 1.29 is 18.0 Å². The maximum absolute atomic E-state index is 12.1. The number of hydrogen-bond acceptors (Lipinski definition) is 2. The van der Waals surface area contributed by atoms with E-state index in [0.717, 1.165) is 25.7 Å². The van der Waals surface area contributed by atoms with Crippen LogP contribution in [0.1, 0.15) is 51.4 Å². The van der Waals surface area contributed by atoms with E-state index < -0.39 is 24.9 Å². The summed E-state index contributed by atoms with van der Waals surface area (Å²) in [5, 5.41) is 2.69. The Balaban J connectivity index is 2.48. The molecule has 3 nitrogen and oxygen atoms in total. The van der Waals surface area contributed by atoms with Gasteiger partial charge in [-0.3, -0.25) is 4.79 Å². The van der Waals surface area contributed by atoms with Gasteiger partial charge in [-0.15, -0.1) is 0 Å². The highest BCUT2D eigenvalue weighted by molar-refractivity contribution is 5.76. The predicted molar refractivity (Wildman–Crippen MR) is 72.4 cm³/mol. The normalized spacial score (nSPS) is 19.7. The second-order valence-electron chi connectivity index (χ2n) is 5.92. The van der Waals surface area contributed by atoms with Crippen molar-refractivity contribution >= 4 is 5.91 Å². The minimum Gasteiger partial charge on any atom is -0.354 e. The van der Waals surface area contributed by atoms with Crippen LogP contribution in [-0.4, -0.2) is 43.2 Å². The zero-order valence-electron chi connectivity index (χ0n) is 12.4. The Morgan fingerprint density at radius 1 is 1.15 bits per heavy atom. The van der Waals surface area contributed by atoms with Gasteiger partial charge in [0.1, 0.15) is 0 Å². The third-order valence-corrected chi connectivity index (χ3v) is 4.23. The third kappa shape index (κ3) is 5.69. The highest BCUT2D eigenvalue weighted by Crippen LogP contribution is 2.30. The van der Waals surface area contributed by atoms with Gasteiger partial charge >= 0.3 is 6.18 Å². The molecule has 0 saturated heterocycles. The van der Waals surface area contributed by atoms with Crippen LogP contribution in [0.2, 0.25) is 0 Å². The number of nitrogens with one attached hydrogen (secondary N) is 1. The van der Waals surface area contributed by atoms with Gasteiger partial charge in [-0.05, 0) is 26.9 Å². The molecule has 1 amide bonds. The lowest BCUT2D eigenvalue weighted by Crippen LogP contribution is -2.52. The number of amides is 1. The average Bonchev–Trinajstić information content (AvgIpc) is 2.59. The Labute approximate surface area is 118 Å². The molecule has 1 aliphatic carbocycles. The number of carbonyl (C=O) groups excluding carboxylic acids is 1. The molecular formula is C14H25F3N2O. The number of likely N-dealkylation sites (N-methyl/N-ethyl adjacent to an activating group) is 1. The Kier molecular flexibility index (Phi) is 6.30. The molecule has 6 heteroatoms. The van der Waals surface area contributed by atoms with Gasteiger partial charge in [0.15, 0.2) is 0 Å². The lowest BCUT2D eigenvalue weighted by atomic mass is 9.88. The van der Waals surface area contributed by atoms with Crippen molar-refractivity contribution in [3.8, 4) is 0 Å². The predicted octanol–water partition coefficient (Wildman–Crippen LogP) is 3.10. The van der Waals surface area contributed by atoms with E-state index >= 15 is 0 Å². The first-order valence-corrected chi connectivity index (χ1v) is 7.26.